The van der Waals surface area contributed by atoms with Crippen molar-refractivity contribution in [1.82, 2.24) is 25.0 Å². The molecule has 0 spiro atoms. The zero-order valence-electron chi connectivity index (χ0n) is 11.5. The first-order valence-corrected chi connectivity index (χ1v) is 6.02. The van der Waals surface area contributed by atoms with Crippen LogP contribution in [0.15, 0.2) is 18.6 Å². The van der Waals surface area contributed by atoms with Crippen molar-refractivity contribution in [1.29, 1.82) is 0 Å². The lowest BCUT2D eigenvalue weighted by molar-refractivity contribution is 0.0690. The second kappa shape index (κ2) is 5.20. The second-order valence-electron chi connectivity index (χ2n) is 5.22. The van der Waals surface area contributed by atoms with Gasteiger partial charge in [-0.25, -0.2) is 14.5 Å². The van der Waals surface area contributed by atoms with Gasteiger partial charge in [-0.15, -0.1) is 5.10 Å². The molecule has 20 heavy (non-hydrogen) atoms. The highest BCUT2D eigenvalue weighted by Crippen LogP contribution is 2.12. The van der Waals surface area contributed by atoms with Gasteiger partial charge in [0, 0.05) is 0 Å². The Bertz CT molecular complexity index is 638. The number of rotatable bonds is 3. The summed E-state index contributed by atoms with van der Waals surface area (Å²) >= 11 is 0. The Balaban J connectivity index is 2.13. The molecule has 2 aromatic rings. The second-order valence-corrected chi connectivity index (χ2v) is 5.22. The van der Waals surface area contributed by atoms with Gasteiger partial charge in [-0.1, -0.05) is 5.21 Å². The highest BCUT2D eigenvalue weighted by molar-refractivity contribution is 5.84. The minimum absolute atomic E-state index is 0.0826. The van der Waals surface area contributed by atoms with E-state index in [1.807, 2.05) is 27.0 Å². The third-order valence-electron chi connectivity index (χ3n) is 2.51. The fourth-order valence-corrected chi connectivity index (χ4v) is 1.39. The molecule has 0 saturated heterocycles. The van der Waals surface area contributed by atoms with Gasteiger partial charge in [-0.05, 0) is 32.9 Å². The maximum Gasteiger partial charge on any atom is 0.356 e. The van der Waals surface area contributed by atoms with E-state index in [0.29, 0.717) is 11.4 Å². The third-order valence-corrected chi connectivity index (χ3v) is 2.51. The minimum atomic E-state index is -1.10. The van der Waals surface area contributed by atoms with Crippen molar-refractivity contribution in [2.45, 2.75) is 26.3 Å². The van der Waals surface area contributed by atoms with E-state index in [9.17, 15) is 4.79 Å². The number of nitrogens with zero attached hydrogens (tertiary/aromatic N) is 5. The van der Waals surface area contributed by atoms with E-state index in [-0.39, 0.29) is 11.2 Å². The van der Waals surface area contributed by atoms with Crippen LogP contribution in [0.4, 0.5) is 0 Å². The van der Waals surface area contributed by atoms with Gasteiger partial charge in [0.25, 0.3) is 0 Å². The van der Waals surface area contributed by atoms with Crippen LogP contribution in [-0.4, -0.2) is 36.0 Å². The van der Waals surface area contributed by atoms with Crippen molar-refractivity contribution in [3.05, 3.63) is 35.7 Å². The quantitative estimate of drug-likeness (QED) is 0.914. The summed E-state index contributed by atoms with van der Waals surface area (Å²) in [6.45, 7) is 6.10. The maximum absolute atomic E-state index is 10.6. The molecule has 7 nitrogen and oxygen atoms in total. The Hall–Kier alpha value is -2.57. The lowest BCUT2D eigenvalue weighted by Crippen LogP contribution is -2.22. The molecule has 104 valence electrons. The summed E-state index contributed by atoms with van der Waals surface area (Å²) in [5.74, 6) is -1.10. The Morgan fingerprint density at radius 1 is 1.20 bits per heavy atom. The van der Waals surface area contributed by atoms with E-state index >= 15 is 0 Å². The summed E-state index contributed by atoms with van der Waals surface area (Å²) in [5.41, 5.74) is 1.05. The number of hydrogen-bond donors (Lipinski definition) is 1. The molecule has 0 fully saturated rings. The summed E-state index contributed by atoms with van der Waals surface area (Å²) in [7, 11) is 0. The van der Waals surface area contributed by atoms with Crippen LogP contribution in [0.25, 0.3) is 12.2 Å². The molecule has 0 atom stereocenters. The first-order valence-electron chi connectivity index (χ1n) is 6.02. The Labute approximate surface area is 116 Å². The predicted octanol–water partition coefficient (Wildman–Crippen LogP) is 1.69. The van der Waals surface area contributed by atoms with Crippen molar-refractivity contribution in [3.63, 3.8) is 0 Å². The summed E-state index contributed by atoms with van der Waals surface area (Å²) in [4.78, 5) is 18.4. The van der Waals surface area contributed by atoms with E-state index in [1.165, 1.54) is 12.4 Å². The van der Waals surface area contributed by atoms with Crippen LogP contribution in [0.3, 0.4) is 0 Å². The molecule has 0 aliphatic heterocycles. The van der Waals surface area contributed by atoms with Gasteiger partial charge in [-0.2, -0.15) is 0 Å². The van der Waals surface area contributed by atoms with E-state index in [1.54, 1.807) is 16.8 Å². The van der Waals surface area contributed by atoms with E-state index in [0.717, 1.165) is 0 Å². The van der Waals surface area contributed by atoms with Crippen molar-refractivity contribution in [2.75, 3.05) is 0 Å². The van der Waals surface area contributed by atoms with Gasteiger partial charge < -0.3 is 5.11 Å². The summed E-state index contributed by atoms with van der Waals surface area (Å²) in [6.07, 6.45) is 7.90. The van der Waals surface area contributed by atoms with E-state index < -0.39 is 5.97 Å². The first kappa shape index (κ1) is 13.9. The zero-order valence-corrected chi connectivity index (χ0v) is 11.5. The molecular formula is C13H15N5O2. The number of carboxylic acids is 1. The molecule has 0 radical (unpaired) electrons. The molecule has 0 aromatic carbocycles. The third kappa shape index (κ3) is 3.25. The monoisotopic (exact) mass is 273 g/mol. The van der Waals surface area contributed by atoms with Crippen molar-refractivity contribution < 1.29 is 9.90 Å². The molecule has 0 aliphatic carbocycles. The summed E-state index contributed by atoms with van der Waals surface area (Å²) in [6, 6.07) is 0. The minimum Gasteiger partial charge on any atom is -0.476 e. The lowest BCUT2D eigenvalue weighted by Gasteiger charge is -2.17. The average molecular weight is 273 g/mol. The van der Waals surface area contributed by atoms with E-state index in [2.05, 4.69) is 20.3 Å². The molecule has 2 heterocycles. The fourth-order valence-electron chi connectivity index (χ4n) is 1.39. The van der Waals surface area contributed by atoms with Crippen LogP contribution in [-0.2, 0) is 5.54 Å². The Kier molecular flexibility index (Phi) is 3.60. The normalized spacial score (nSPS) is 11.9. The smallest absolute Gasteiger partial charge is 0.356 e. The van der Waals surface area contributed by atoms with Gasteiger partial charge in [0.15, 0.2) is 5.69 Å². The maximum atomic E-state index is 10.6. The average Bonchev–Trinajstić information content (AvgIpc) is 2.85. The highest BCUT2D eigenvalue weighted by Gasteiger charge is 2.14. The molecule has 2 rings (SSSR count). The predicted molar refractivity (Wildman–Crippen MR) is 72.9 cm³/mol. The molecular weight excluding hydrogens is 258 g/mol. The van der Waals surface area contributed by atoms with Gasteiger partial charge in [0.2, 0.25) is 0 Å². The molecule has 0 amide bonds. The van der Waals surface area contributed by atoms with Crippen molar-refractivity contribution >= 4 is 18.1 Å². The van der Waals surface area contributed by atoms with Crippen LogP contribution >= 0.6 is 0 Å². The van der Waals surface area contributed by atoms with Gasteiger partial charge in [0.1, 0.15) is 5.69 Å². The number of hydrogen-bond acceptors (Lipinski definition) is 5. The molecule has 0 bridgehead atoms. The molecule has 2 aromatic heterocycles. The lowest BCUT2D eigenvalue weighted by atomic mass is 10.1. The van der Waals surface area contributed by atoms with Crippen LogP contribution in [0, 0.1) is 0 Å². The van der Waals surface area contributed by atoms with Crippen molar-refractivity contribution in [2.24, 2.45) is 0 Å². The van der Waals surface area contributed by atoms with Crippen LogP contribution in [0.5, 0.6) is 0 Å². The molecule has 1 N–H and O–H groups in total. The SMILES string of the molecule is CC(C)(C)n1cc(C=Cc2cnc(C(=O)O)cn2)nn1. The summed E-state index contributed by atoms with van der Waals surface area (Å²) < 4.78 is 1.77. The number of aromatic carboxylic acids is 1. The Morgan fingerprint density at radius 3 is 2.40 bits per heavy atom. The largest absolute Gasteiger partial charge is 0.476 e. The van der Waals surface area contributed by atoms with Crippen LogP contribution in [0.2, 0.25) is 0 Å². The zero-order chi connectivity index (χ0) is 14.8. The van der Waals surface area contributed by atoms with Crippen molar-refractivity contribution in [3.8, 4) is 0 Å². The molecule has 0 aliphatic rings. The highest BCUT2D eigenvalue weighted by atomic mass is 16.4. The number of carbonyl (C=O) groups is 1. The standard InChI is InChI=1S/C13H15N5O2/c1-13(2,3)18-8-10(16-17-18)5-4-9-6-15-11(7-14-9)12(19)20/h4-8H,1-3H3,(H,19,20). The topological polar surface area (TPSA) is 93.8 Å². The van der Waals surface area contributed by atoms with Gasteiger partial charge in [0.05, 0.1) is 29.8 Å². The number of aromatic nitrogens is 5. The Morgan fingerprint density at radius 2 is 1.90 bits per heavy atom. The van der Waals surface area contributed by atoms with Gasteiger partial charge >= 0.3 is 5.97 Å². The fraction of sp³-hybridized carbons (Fsp3) is 0.308. The van der Waals surface area contributed by atoms with Crippen LogP contribution in [0.1, 0.15) is 42.6 Å². The number of carboxylic acid groups (broad SMARTS) is 1. The molecule has 7 heteroatoms. The molecule has 0 saturated carbocycles. The molecule has 0 unspecified atom stereocenters. The van der Waals surface area contributed by atoms with E-state index in [4.69, 9.17) is 5.11 Å². The van der Waals surface area contributed by atoms with Crippen LogP contribution < -0.4 is 0 Å². The summed E-state index contributed by atoms with van der Waals surface area (Å²) in [5, 5.41) is 16.8. The van der Waals surface area contributed by atoms with Gasteiger partial charge in [-0.3, -0.25) is 4.98 Å². The first-order chi connectivity index (χ1) is 9.36.